The average Bonchev–Trinajstić information content (AvgIpc) is 2.72. The molecule has 0 unspecified atom stereocenters. The zero-order valence-electron chi connectivity index (χ0n) is 15.4. The summed E-state index contributed by atoms with van der Waals surface area (Å²) in [5.74, 6) is -0.345. The summed E-state index contributed by atoms with van der Waals surface area (Å²) in [6.45, 7) is 3.83. The number of nitrogens with one attached hydrogen (secondary N) is 1. The van der Waals surface area contributed by atoms with Crippen LogP contribution in [-0.2, 0) is 11.2 Å². The van der Waals surface area contributed by atoms with Crippen LogP contribution in [0.4, 0.5) is 11.4 Å². The molecular weight excluding hydrogens is 382 g/mol. The molecular formula is C20H22ClN3O4. The maximum atomic E-state index is 12.2. The molecule has 1 N–H and O–H groups in total. The van der Waals surface area contributed by atoms with Gasteiger partial charge in [-0.15, -0.1) is 0 Å². The third-order valence-corrected chi connectivity index (χ3v) is 4.96. The molecule has 1 aliphatic rings. The summed E-state index contributed by atoms with van der Waals surface area (Å²) < 4.78 is 5.37. The van der Waals surface area contributed by atoms with Crippen molar-refractivity contribution in [3.8, 4) is 0 Å². The number of halogens is 1. The number of hydrogen-bond acceptors (Lipinski definition) is 5. The Morgan fingerprint density at radius 3 is 2.57 bits per heavy atom. The van der Waals surface area contributed by atoms with Gasteiger partial charge in [-0.25, -0.2) is 0 Å². The van der Waals surface area contributed by atoms with E-state index in [1.54, 1.807) is 0 Å². The van der Waals surface area contributed by atoms with Gasteiger partial charge in [0, 0.05) is 37.0 Å². The smallest absolute Gasteiger partial charge is 0.288 e. The van der Waals surface area contributed by atoms with Gasteiger partial charge in [0.1, 0.15) is 5.02 Å². The summed E-state index contributed by atoms with van der Waals surface area (Å²) in [6, 6.07) is 12.5. The number of nitro groups is 1. The predicted octanol–water partition coefficient (Wildman–Crippen LogP) is 3.45. The van der Waals surface area contributed by atoms with Crippen LogP contribution in [0.2, 0.25) is 5.02 Å². The van der Waals surface area contributed by atoms with Gasteiger partial charge in [-0.05, 0) is 42.7 Å². The minimum absolute atomic E-state index is 0.0158. The minimum Gasteiger partial charge on any atom is -0.378 e. The zero-order chi connectivity index (χ0) is 19.9. The number of morpholine rings is 1. The molecule has 0 spiro atoms. The molecule has 3 rings (SSSR count). The third kappa shape index (κ3) is 5.21. The largest absolute Gasteiger partial charge is 0.378 e. The first kappa shape index (κ1) is 20.1. The molecule has 28 heavy (non-hydrogen) atoms. The Labute approximate surface area is 168 Å². The molecule has 2 aromatic rings. The van der Waals surface area contributed by atoms with E-state index in [1.807, 2.05) is 0 Å². The van der Waals surface area contributed by atoms with Crippen molar-refractivity contribution >= 4 is 28.9 Å². The lowest BCUT2D eigenvalue weighted by Crippen LogP contribution is -2.36. The summed E-state index contributed by atoms with van der Waals surface area (Å²) in [5, 5.41) is 13.7. The fourth-order valence-electron chi connectivity index (χ4n) is 3.09. The van der Waals surface area contributed by atoms with E-state index in [4.69, 9.17) is 16.3 Å². The van der Waals surface area contributed by atoms with Crippen molar-refractivity contribution in [3.05, 3.63) is 68.7 Å². The molecule has 148 valence electrons. The third-order valence-electron chi connectivity index (χ3n) is 4.65. The Morgan fingerprint density at radius 1 is 1.18 bits per heavy atom. The van der Waals surface area contributed by atoms with Crippen molar-refractivity contribution in [1.82, 2.24) is 5.32 Å². The van der Waals surface area contributed by atoms with E-state index >= 15 is 0 Å². The van der Waals surface area contributed by atoms with Crippen LogP contribution >= 0.6 is 11.6 Å². The summed E-state index contributed by atoms with van der Waals surface area (Å²) >= 11 is 5.77. The Balaban J connectivity index is 1.46. The summed E-state index contributed by atoms with van der Waals surface area (Å²) in [4.78, 5) is 24.8. The molecule has 0 aliphatic carbocycles. The van der Waals surface area contributed by atoms with Crippen LogP contribution < -0.4 is 10.2 Å². The number of benzene rings is 2. The van der Waals surface area contributed by atoms with Crippen LogP contribution in [0.3, 0.4) is 0 Å². The van der Waals surface area contributed by atoms with Gasteiger partial charge in [0.05, 0.1) is 18.1 Å². The van der Waals surface area contributed by atoms with Crippen LogP contribution in [0.25, 0.3) is 0 Å². The fourth-order valence-corrected chi connectivity index (χ4v) is 3.27. The molecule has 1 aliphatic heterocycles. The average molecular weight is 404 g/mol. The minimum atomic E-state index is -0.598. The summed E-state index contributed by atoms with van der Waals surface area (Å²) in [7, 11) is 0. The second-order valence-corrected chi connectivity index (χ2v) is 6.96. The first-order chi connectivity index (χ1) is 13.5. The van der Waals surface area contributed by atoms with Crippen molar-refractivity contribution in [2.24, 2.45) is 0 Å². The Kier molecular flexibility index (Phi) is 6.84. The van der Waals surface area contributed by atoms with Crippen LogP contribution in [0.15, 0.2) is 42.5 Å². The molecule has 1 fully saturated rings. The van der Waals surface area contributed by atoms with E-state index in [9.17, 15) is 14.9 Å². The van der Waals surface area contributed by atoms with Gasteiger partial charge >= 0.3 is 0 Å². The maximum Gasteiger partial charge on any atom is 0.288 e. The number of nitro benzene ring substituents is 1. The second-order valence-electron chi connectivity index (χ2n) is 6.55. The van der Waals surface area contributed by atoms with Gasteiger partial charge in [0.15, 0.2) is 0 Å². The predicted molar refractivity (Wildman–Crippen MR) is 108 cm³/mol. The van der Waals surface area contributed by atoms with Crippen LogP contribution in [0.5, 0.6) is 0 Å². The van der Waals surface area contributed by atoms with Crippen molar-refractivity contribution in [3.63, 3.8) is 0 Å². The normalized spacial score (nSPS) is 14.0. The molecule has 2 aromatic carbocycles. The number of carbonyl (C=O) groups excluding carboxylic acids is 1. The molecule has 0 bridgehead atoms. The maximum absolute atomic E-state index is 12.2. The lowest BCUT2D eigenvalue weighted by atomic mass is 10.1. The van der Waals surface area contributed by atoms with Crippen molar-refractivity contribution < 1.29 is 14.5 Å². The Hall–Kier alpha value is -2.64. The highest BCUT2D eigenvalue weighted by Gasteiger charge is 2.16. The van der Waals surface area contributed by atoms with Crippen molar-refractivity contribution in [2.75, 3.05) is 37.7 Å². The molecule has 1 heterocycles. The molecule has 0 atom stereocenters. The summed E-state index contributed by atoms with van der Waals surface area (Å²) in [5.41, 5.74) is 2.36. The highest BCUT2D eigenvalue weighted by atomic mass is 35.5. The SMILES string of the molecule is O=C(NCCCc1ccc(N2CCOCC2)cc1)c1ccc(Cl)c([N+](=O)[O-])c1. The monoisotopic (exact) mass is 403 g/mol. The first-order valence-corrected chi connectivity index (χ1v) is 9.56. The van der Waals surface area contributed by atoms with E-state index in [-0.39, 0.29) is 22.2 Å². The molecule has 0 saturated carbocycles. The Bertz CT molecular complexity index is 836. The van der Waals surface area contributed by atoms with E-state index in [0.717, 1.165) is 39.1 Å². The van der Waals surface area contributed by atoms with Gasteiger partial charge in [-0.1, -0.05) is 23.7 Å². The highest BCUT2D eigenvalue weighted by Crippen LogP contribution is 2.25. The molecule has 1 amide bonds. The number of nitrogens with zero attached hydrogens (tertiary/aromatic N) is 2. The van der Waals surface area contributed by atoms with Gasteiger partial charge in [-0.3, -0.25) is 14.9 Å². The lowest BCUT2D eigenvalue weighted by Gasteiger charge is -2.28. The first-order valence-electron chi connectivity index (χ1n) is 9.18. The van der Waals surface area contributed by atoms with E-state index < -0.39 is 4.92 Å². The number of rotatable bonds is 7. The number of ether oxygens (including phenoxy) is 1. The fraction of sp³-hybridized carbons (Fsp3) is 0.350. The quantitative estimate of drug-likeness (QED) is 0.435. The second kappa shape index (κ2) is 9.52. The Morgan fingerprint density at radius 2 is 1.89 bits per heavy atom. The molecule has 1 saturated heterocycles. The van der Waals surface area contributed by atoms with Crippen LogP contribution in [0, 0.1) is 10.1 Å². The van der Waals surface area contributed by atoms with Crippen LogP contribution in [0.1, 0.15) is 22.3 Å². The molecule has 7 nitrogen and oxygen atoms in total. The van der Waals surface area contributed by atoms with Crippen molar-refractivity contribution in [1.29, 1.82) is 0 Å². The van der Waals surface area contributed by atoms with Gasteiger partial charge < -0.3 is 15.0 Å². The lowest BCUT2D eigenvalue weighted by molar-refractivity contribution is -0.384. The topological polar surface area (TPSA) is 84.7 Å². The zero-order valence-corrected chi connectivity index (χ0v) is 16.2. The van der Waals surface area contributed by atoms with Gasteiger partial charge in [-0.2, -0.15) is 0 Å². The number of amides is 1. The number of carbonyl (C=O) groups is 1. The van der Waals surface area contributed by atoms with Gasteiger partial charge in [0.2, 0.25) is 0 Å². The summed E-state index contributed by atoms with van der Waals surface area (Å²) in [6.07, 6.45) is 1.61. The van der Waals surface area contributed by atoms with E-state index in [2.05, 4.69) is 34.5 Å². The van der Waals surface area contributed by atoms with Crippen LogP contribution in [-0.4, -0.2) is 43.7 Å². The molecule has 0 radical (unpaired) electrons. The van der Waals surface area contributed by atoms with Crippen molar-refractivity contribution in [2.45, 2.75) is 12.8 Å². The van der Waals surface area contributed by atoms with E-state index in [0.29, 0.717) is 6.54 Å². The number of hydrogen-bond donors (Lipinski definition) is 1. The van der Waals surface area contributed by atoms with Gasteiger partial charge in [0.25, 0.3) is 11.6 Å². The number of aryl methyl sites for hydroxylation is 1. The molecule has 0 aromatic heterocycles. The number of anilines is 1. The highest BCUT2D eigenvalue weighted by molar-refractivity contribution is 6.32. The molecule has 8 heteroatoms. The standard InChI is InChI=1S/C20H22ClN3O4/c21-18-8-5-16(14-19(18)24(26)27)20(25)22-9-1-2-15-3-6-17(7-4-15)23-10-12-28-13-11-23/h3-8,14H,1-2,9-13H2,(H,22,25). The van der Waals surface area contributed by atoms with E-state index in [1.165, 1.54) is 29.4 Å².